The number of carbonyl (C=O) groups is 2. The van der Waals surface area contributed by atoms with Gasteiger partial charge in [-0.3, -0.25) is 9.59 Å². The quantitative estimate of drug-likeness (QED) is 0.412. The summed E-state index contributed by atoms with van der Waals surface area (Å²) in [5.74, 6) is -2.20. The Balaban J connectivity index is -0.0000000405. The van der Waals surface area contributed by atoms with Crippen molar-refractivity contribution in [1.29, 1.82) is 0 Å². The van der Waals surface area contributed by atoms with E-state index in [2.05, 4.69) is 0 Å². The Morgan fingerprint density at radius 3 is 1.60 bits per heavy atom. The minimum Gasteiger partial charge on any atom is -0.481 e. The fraction of sp³-hybridized carbons (Fsp3) is 0.600. The average molecular weight is 246 g/mol. The summed E-state index contributed by atoms with van der Waals surface area (Å²) in [4.78, 5) is 19.9. The van der Waals surface area contributed by atoms with Gasteiger partial charge in [0, 0.05) is 6.42 Å². The predicted molar refractivity (Wildman–Crippen MR) is 55.5 cm³/mol. The fourth-order valence-electron chi connectivity index (χ4n) is 0.402. The molecule has 0 aromatic rings. The van der Waals surface area contributed by atoms with Crippen molar-refractivity contribution < 1.29 is 41.7 Å². The summed E-state index contributed by atoms with van der Waals surface area (Å²) in [5, 5.41) is 16.3. The molecule has 0 heterocycles. The van der Waals surface area contributed by atoms with Crippen LogP contribution in [0.2, 0.25) is 0 Å². The number of hydrogen-bond acceptors (Lipinski definition) is 3. The Hall–Kier alpha value is -0.494. The topological polar surface area (TPSA) is 227 Å². The summed E-state index contributed by atoms with van der Waals surface area (Å²) in [6.07, 6.45) is -0.224. The Labute approximate surface area is 102 Å². The van der Waals surface area contributed by atoms with Crippen molar-refractivity contribution in [3.05, 3.63) is 0 Å². The molecule has 0 aliphatic rings. The number of rotatable bonds is 4. The van der Waals surface area contributed by atoms with Gasteiger partial charge in [-0.1, -0.05) is 0 Å². The first kappa shape index (κ1) is 36.6. The van der Waals surface area contributed by atoms with Crippen molar-refractivity contribution in [3.8, 4) is 0 Å². The monoisotopic (exact) mass is 245 g/mol. The van der Waals surface area contributed by atoms with Gasteiger partial charge < -0.3 is 37.9 Å². The second-order valence-corrected chi connectivity index (χ2v) is 1.88. The number of carboxylic acids is 2. The lowest BCUT2D eigenvalue weighted by atomic mass is 10.2. The molecule has 0 radical (unpaired) electrons. The first-order valence-corrected chi connectivity index (χ1v) is 2.74. The van der Waals surface area contributed by atoms with Crippen LogP contribution >= 0.6 is 0 Å². The highest BCUT2D eigenvalue weighted by Gasteiger charge is 2.12. The first-order chi connectivity index (χ1) is 4.54. The van der Waals surface area contributed by atoms with E-state index >= 15 is 0 Å². The van der Waals surface area contributed by atoms with E-state index in [0.29, 0.717) is 0 Å². The van der Waals surface area contributed by atoms with Crippen molar-refractivity contribution in [1.82, 2.24) is 0 Å². The summed E-state index contributed by atoms with van der Waals surface area (Å²) in [6, 6.07) is -1.06. The summed E-state index contributed by atoms with van der Waals surface area (Å²) in [5.41, 5.74) is 5.00. The Morgan fingerprint density at radius 2 is 1.40 bits per heavy atom. The summed E-state index contributed by atoms with van der Waals surface area (Å²) < 4.78 is 0. The molecule has 0 aliphatic carbocycles. The summed E-state index contributed by atoms with van der Waals surface area (Å²) in [7, 11) is 0. The molecule has 0 unspecified atom stereocenters. The van der Waals surface area contributed by atoms with Crippen LogP contribution in [0.3, 0.4) is 0 Å². The van der Waals surface area contributed by atoms with E-state index in [-0.39, 0.29) is 57.8 Å². The van der Waals surface area contributed by atoms with Crippen LogP contribution in [-0.2, 0) is 9.59 Å². The molecule has 0 rings (SSSR count). The van der Waals surface area contributed by atoms with E-state index in [0.717, 1.165) is 0 Å². The van der Waals surface area contributed by atoms with Crippen LogP contribution in [0.5, 0.6) is 0 Å². The molecule has 0 fully saturated rings. The molecule has 0 aromatic carbocycles. The highest BCUT2D eigenvalue weighted by Crippen LogP contribution is 1.93. The molecule has 0 saturated carbocycles. The van der Waals surface area contributed by atoms with E-state index in [4.69, 9.17) is 15.9 Å². The number of hydrogen-bond donors (Lipinski definition) is 3. The van der Waals surface area contributed by atoms with Crippen molar-refractivity contribution in [2.45, 2.75) is 18.9 Å². The molecular weight excluding hydrogens is 226 g/mol. The zero-order valence-electron chi connectivity index (χ0n) is 7.28. The maximum Gasteiger partial charge on any atom is 0.320 e. The van der Waals surface area contributed by atoms with Gasteiger partial charge in [0.05, 0.1) is 0 Å². The lowest BCUT2D eigenvalue weighted by Gasteiger charge is -2.01. The molecule has 0 spiro atoms. The first-order valence-electron chi connectivity index (χ1n) is 2.74. The Morgan fingerprint density at radius 1 is 1.07 bits per heavy atom. The zero-order valence-corrected chi connectivity index (χ0v) is 7.28. The molecule has 0 aromatic heterocycles. The van der Waals surface area contributed by atoms with Crippen molar-refractivity contribution >= 4 is 35.0 Å². The van der Waals surface area contributed by atoms with E-state index < -0.39 is 18.0 Å². The predicted octanol–water partition coefficient (Wildman–Crippen LogP) is -4.95. The Bertz CT molecular complexity index is 154. The van der Waals surface area contributed by atoms with Crippen LogP contribution in [0.15, 0.2) is 0 Å². The van der Waals surface area contributed by atoms with Crippen molar-refractivity contribution in [2.24, 2.45) is 5.73 Å². The molecule has 12 N–H and O–H groups in total. The third kappa shape index (κ3) is 24.7. The third-order valence-electron chi connectivity index (χ3n) is 0.986. The molecule has 94 valence electrons. The van der Waals surface area contributed by atoms with Gasteiger partial charge in [0.25, 0.3) is 0 Å². The molecular formula is C5H19MgNO8. The van der Waals surface area contributed by atoms with Gasteiger partial charge in [0.1, 0.15) is 6.04 Å². The summed E-state index contributed by atoms with van der Waals surface area (Å²) >= 11 is 0. The minimum absolute atomic E-state index is 0. The van der Waals surface area contributed by atoms with Crippen LogP contribution in [0, 0.1) is 0 Å². The highest BCUT2D eigenvalue weighted by atomic mass is 24.3. The Kier molecular flexibility index (Phi) is 46.7. The molecule has 0 bridgehead atoms. The molecule has 1 atom stereocenters. The van der Waals surface area contributed by atoms with E-state index in [9.17, 15) is 9.59 Å². The molecule has 0 saturated heterocycles. The smallest absolute Gasteiger partial charge is 0.320 e. The molecule has 15 heavy (non-hydrogen) atoms. The summed E-state index contributed by atoms with van der Waals surface area (Å²) in [6.45, 7) is 0. The molecule has 0 amide bonds. The largest absolute Gasteiger partial charge is 0.481 e. The van der Waals surface area contributed by atoms with Gasteiger partial charge in [-0.25, -0.2) is 0 Å². The van der Waals surface area contributed by atoms with Gasteiger partial charge in [-0.2, -0.15) is 0 Å². The zero-order chi connectivity index (χ0) is 8.15. The molecule has 0 aliphatic heterocycles. The minimum atomic E-state index is -1.17. The van der Waals surface area contributed by atoms with E-state index in [1.165, 1.54) is 0 Å². The fourth-order valence-corrected chi connectivity index (χ4v) is 0.402. The number of carboxylic acid groups (broad SMARTS) is 2. The highest BCUT2D eigenvalue weighted by molar-refractivity contribution is 5.75. The maximum atomic E-state index is 9.99. The second-order valence-electron chi connectivity index (χ2n) is 1.88. The lowest BCUT2D eigenvalue weighted by molar-refractivity contribution is -0.139. The average Bonchev–Trinajstić information content (AvgIpc) is 1.82. The van der Waals surface area contributed by atoms with Crippen LogP contribution < -0.4 is 5.73 Å². The van der Waals surface area contributed by atoms with Gasteiger partial charge in [-0.05, 0) is 6.42 Å². The standard InChI is InChI=1S/C5H9NO4.Mg.4H2O.2H/c6-3(5(9)10)1-2-4(7)8;;;;;;;/h3H,1-2,6H2,(H,7,8)(H,9,10);;4*1H2;;/t3-;;;;;;;/m1......./s1. The second kappa shape index (κ2) is 19.1. The van der Waals surface area contributed by atoms with Gasteiger partial charge in [0.15, 0.2) is 0 Å². The van der Waals surface area contributed by atoms with Crippen LogP contribution in [0.1, 0.15) is 12.8 Å². The number of nitrogens with two attached hydrogens (primary N) is 1. The normalized spacial score (nSPS) is 8.33. The molecule has 10 heteroatoms. The number of aliphatic carboxylic acids is 2. The van der Waals surface area contributed by atoms with E-state index in [1.807, 2.05) is 0 Å². The third-order valence-corrected chi connectivity index (χ3v) is 0.986. The van der Waals surface area contributed by atoms with Crippen LogP contribution in [-0.4, -0.2) is 73.2 Å². The van der Waals surface area contributed by atoms with Crippen LogP contribution in [0.25, 0.3) is 0 Å². The van der Waals surface area contributed by atoms with Crippen molar-refractivity contribution in [3.63, 3.8) is 0 Å². The van der Waals surface area contributed by atoms with Gasteiger partial charge >= 0.3 is 35.0 Å². The van der Waals surface area contributed by atoms with E-state index in [1.54, 1.807) is 0 Å². The van der Waals surface area contributed by atoms with Crippen LogP contribution in [0.4, 0.5) is 0 Å². The molecule has 9 nitrogen and oxygen atoms in total. The lowest BCUT2D eigenvalue weighted by Crippen LogP contribution is -2.30. The SMILES string of the molecule is N[C@H](CCC(=O)O)C(=O)O.O.O.O.O.[MgH2]. The maximum absolute atomic E-state index is 9.99. The van der Waals surface area contributed by atoms with Crippen molar-refractivity contribution in [2.75, 3.05) is 0 Å². The van der Waals surface area contributed by atoms with Gasteiger partial charge in [-0.15, -0.1) is 0 Å². The van der Waals surface area contributed by atoms with Gasteiger partial charge in [0.2, 0.25) is 0 Å².